The molecule has 2 atom stereocenters. The van der Waals surface area contributed by atoms with Crippen molar-refractivity contribution >= 4 is 17.3 Å². The van der Waals surface area contributed by atoms with Gasteiger partial charge >= 0.3 is 0 Å². The number of para-hydroxylation sites is 1. The standard InChI is InChI=1S/C13H13N3O2/c1-18-9-5-11-13(17)15-12-8(6-14)3-2-4-10(12)16(11)7-9/h2-4,9,11H,5,7H2,1H3,(H,15,17). The molecule has 1 fully saturated rings. The second-order valence-corrected chi connectivity index (χ2v) is 4.56. The van der Waals surface area contributed by atoms with E-state index < -0.39 is 0 Å². The summed E-state index contributed by atoms with van der Waals surface area (Å²) >= 11 is 0. The van der Waals surface area contributed by atoms with Crippen molar-refractivity contribution in [2.45, 2.75) is 18.6 Å². The zero-order valence-corrected chi connectivity index (χ0v) is 10.0. The molecule has 5 nitrogen and oxygen atoms in total. The number of ether oxygens (including phenoxy) is 1. The van der Waals surface area contributed by atoms with Crippen LogP contribution in [-0.2, 0) is 9.53 Å². The van der Waals surface area contributed by atoms with Crippen LogP contribution in [0.5, 0.6) is 0 Å². The van der Waals surface area contributed by atoms with Crippen LogP contribution in [0.1, 0.15) is 12.0 Å². The molecule has 1 amide bonds. The molecule has 0 saturated carbocycles. The quantitative estimate of drug-likeness (QED) is 0.802. The third-order valence-corrected chi connectivity index (χ3v) is 3.62. The molecule has 18 heavy (non-hydrogen) atoms. The van der Waals surface area contributed by atoms with E-state index in [2.05, 4.69) is 11.4 Å². The average Bonchev–Trinajstić information content (AvgIpc) is 2.83. The summed E-state index contributed by atoms with van der Waals surface area (Å²) in [5.74, 6) is -0.0512. The lowest BCUT2D eigenvalue weighted by atomic mass is 10.1. The first-order valence-corrected chi connectivity index (χ1v) is 5.88. The highest BCUT2D eigenvalue weighted by Gasteiger charge is 2.41. The molecule has 2 unspecified atom stereocenters. The second-order valence-electron chi connectivity index (χ2n) is 4.56. The number of nitrogens with zero attached hydrogens (tertiary/aromatic N) is 2. The van der Waals surface area contributed by atoms with Crippen LogP contribution in [0.3, 0.4) is 0 Å². The summed E-state index contributed by atoms with van der Waals surface area (Å²) in [6.07, 6.45) is 0.760. The fourth-order valence-corrected chi connectivity index (χ4v) is 2.69. The molecule has 0 aliphatic carbocycles. The van der Waals surface area contributed by atoms with Gasteiger partial charge < -0.3 is 15.0 Å². The molecule has 2 aliphatic heterocycles. The Balaban J connectivity index is 2.07. The number of hydrogen-bond donors (Lipinski definition) is 1. The van der Waals surface area contributed by atoms with Crippen molar-refractivity contribution in [3.8, 4) is 6.07 Å². The first kappa shape index (κ1) is 11.1. The van der Waals surface area contributed by atoms with Gasteiger partial charge in [0.05, 0.1) is 23.0 Å². The summed E-state index contributed by atoms with van der Waals surface area (Å²) in [6, 6.07) is 7.41. The van der Waals surface area contributed by atoms with Crippen molar-refractivity contribution in [1.29, 1.82) is 5.26 Å². The van der Waals surface area contributed by atoms with E-state index in [1.165, 1.54) is 0 Å². The number of hydrogen-bond acceptors (Lipinski definition) is 4. The number of benzene rings is 1. The molecule has 0 bridgehead atoms. The maximum absolute atomic E-state index is 12.1. The minimum absolute atomic E-state index is 0.0512. The van der Waals surface area contributed by atoms with Crippen LogP contribution >= 0.6 is 0 Å². The van der Waals surface area contributed by atoms with E-state index in [0.29, 0.717) is 24.2 Å². The number of carbonyl (C=O) groups is 1. The normalized spacial score (nSPS) is 25.1. The van der Waals surface area contributed by atoms with Gasteiger partial charge in [-0.2, -0.15) is 5.26 Å². The summed E-state index contributed by atoms with van der Waals surface area (Å²) in [5, 5.41) is 11.9. The number of carbonyl (C=O) groups excluding carboxylic acids is 1. The van der Waals surface area contributed by atoms with Gasteiger partial charge in [-0.3, -0.25) is 4.79 Å². The third-order valence-electron chi connectivity index (χ3n) is 3.62. The summed E-state index contributed by atoms with van der Waals surface area (Å²) in [5.41, 5.74) is 2.04. The van der Waals surface area contributed by atoms with Crippen LogP contribution in [0.15, 0.2) is 18.2 Å². The van der Waals surface area contributed by atoms with E-state index in [-0.39, 0.29) is 18.1 Å². The third kappa shape index (κ3) is 1.46. The van der Waals surface area contributed by atoms with Crippen molar-refractivity contribution in [2.24, 2.45) is 0 Å². The maximum atomic E-state index is 12.1. The number of rotatable bonds is 1. The molecule has 92 valence electrons. The molecule has 0 spiro atoms. The van der Waals surface area contributed by atoms with Gasteiger partial charge in [-0.1, -0.05) is 6.07 Å². The van der Waals surface area contributed by atoms with Gasteiger partial charge in [0.25, 0.3) is 0 Å². The Labute approximate surface area is 105 Å². The smallest absolute Gasteiger partial charge is 0.247 e. The highest BCUT2D eigenvalue weighted by atomic mass is 16.5. The maximum Gasteiger partial charge on any atom is 0.247 e. The van der Waals surface area contributed by atoms with E-state index in [9.17, 15) is 4.79 Å². The fourth-order valence-electron chi connectivity index (χ4n) is 2.69. The lowest BCUT2D eigenvalue weighted by Gasteiger charge is -2.33. The first-order valence-electron chi connectivity index (χ1n) is 5.88. The Kier molecular flexibility index (Phi) is 2.46. The van der Waals surface area contributed by atoms with E-state index in [0.717, 1.165) is 5.69 Å². The fraction of sp³-hybridized carbons (Fsp3) is 0.385. The van der Waals surface area contributed by atoms with Gasteiger partial charge in [0.1, 0.15) is 12.1 Å². The largest absolute Gasteiger partial charge is 0.380 e. The van der Waals surface area contributed by atoms with Crippen LogP contribution < -0.4 is 10.2 Å². The zero-order chi connectivity index (χ0) is 12.7. The predicted molar refractivity (Wildman–Crippen MR) is 66.3 cm³/mol. The van der Waals surface area contributed by atoms with Crippen LogP contribution in [0.4, 0.5) is 11.4 Å². The van der Waals surface area contributed by atoms with Gasteiger partial charge in [-0.25, -0.2) is 0 Å². The molecule has 2 aliphatic rings. The lowest BCUT2D eigenvalue weighted by molar-refractivity contribution is -0.117. The van der Waals surface area contributed by atoms with Crippen LogP contribution in [0, 0.1) is 11.3 Å². The Morgan fingerprint density at radius 2 is 2.39 bits per heavy atom. The number of amides is 1. The summed E-state index contributed by atoms with van der Waals surface area (Å²) in [4.78, 5) is 14.1. The van der Waals surface area contributed by atoms with Crippen LogP contribution in [0.25, 0.3) is 0 Å². The molecule has 1 saturated heterocycles. The van der Waals surface area contributed by atoms with Gasteiger partial charge in [0.2, 0.25) is 5.91 Å². The van der Waals surface area contributed by atoms with Gasteiger partial charge in [-0.15, -0.1) is 0 Å². The average molecular weight is 243 g/mol. The number of anilines is 2. The number of nitrogens with one attached hydrogen (secondary N) is 1. The van der Waals surface area contributed by atoms with Crippen molar-refractivity contribution < 1.29 is 9.53 Å². The van der Waals surface area contributed by atoms with Gasteiger partial charge in [0.15, 0.2) is 0 Å². The highest BCUT2D eigenvalue weighted by molar-refractivity contribution is 6.05. The summed E-state index contributed by atoms with van der Waals surface area (Å²) in [7, 11) is 1.66. The Morgan fingerprint density at radius 3 is 3.11 bits per heavy atom. The van der Waals surface area contributed by atoms with E-state index in [1.54, 1.807) is 13.2 Å². The van der Waals surface area contributed by atoms with Gasteiger partial charge in [0, 0.05) is 20.1 Å². The molecule has 1 aromatic carbocycles. The number of nitriles is 1. The molecule has 3 rings (SSSR count). The number of methoxy groups -OCH3 is 1. The first-order chi connectivity index (χ1) is 8.74. The van der Waals surface area contributed by atoms with Crippen molar-refractivity contribution in [2.75, 3.05) is 23.9 Å². The van der Waals surface area contributed by atoms with Crippen molar-refractivity contribution in [3.63, 3.8) is 0 Å². The van der Waals surface area contributed by atoms with Crippen molar-refractivity contribution in [1.82, 2.24) is 0 Å². The Hall–Kier alpha value is -2.06. The molecule has 1 N–H and O–H groups in total. The highest BCUT2D eigenvalue weighted by Crippen LogP contribution is 2.38. The van der Waals surface area contributed by atoms with E-state index >= 15 is 0 Å². The molecule has 0 aromatic heterocycles. The van der Waals surface area contributed by atoms with E-state index in [1.807, 2.05) is 17.0 Å². The molecule has 2 heterocycles. The topological polar surface area (TPSA) is 65.4 Å². The van der Waals surface area contributed by atoms with Gasteiger partial charge in [-0.05, 0) is 12.1 Å². The number of fused-ring (bicyclic) bond motifs is 3. The molecule has 1 aromatic rings. The molecule has 5 heteroatoms. The SMILES string of the molecule is COC1CC2C(=O)Nc3c(C#N)cccc3N2C1. The van der Waals surface area contributed by atoms with Crippen LogP contribution in [-0.4, -0.2) is 31.7 Å². The van der Waals surface area contributed by atoms with E-state index in [4.69, 9.17) is 10.00 Å². The minimum atomic E-state index is -0.184. The van der Waals surface area contributed by atoms with Crippen molar-refractivity contribution in [3.05, 3.63) is 23.8 Å². The second kappa shape index (κ2) is 4.00. The summed E-state index contributed by atoms with van der Waals surface area (Å²) < 4.78 is 5.34. The molecule has 0 radical (unpaired) electrons. The summed E-state index contributed by atoms with van der Waals surface area (Å²) in [6.45, 7) is 0.691. The molecular formula is C13H13N3O2. The Bertz CT molecular complexity index is 550. The zero-order valence-electron chi connectivity index (χ0n) is 10.0. The lowest BCUT2D eigenvalue weighted by Crippen LogP contribution is -2.44. The molecular weight excluding hydrogens is 230 g/mol. The monoisotopic (exact) mass is 243 g/mol. The Morgan fingerprint density at radius 1 is 1.56 bits per heavy atom. The van der Waals surface area contributed by atoms with Crippen LogP contribution in [0.2, 0.25) is 0 Å². The minimum Gasteiger partial charge on any atom is -0.380 e. The predicted octanol–water partition coefficient (Wildman–Crippen LogP) is 1.10.